The van der Waals surface area contributed by atoms with Crippen molar-refractivity contribution in [2.24, 2.45) is 0 Å². The standard InChI is InChI=1S/C20H18F3N5O/c21-16-5-6-17(19(23)9-16)20(29,12-28-14-25-13-26-28)11-27(8-7-24)10-15-3-1-2-4-18(15)22/h1-6,9,13-14,29H,8,10-12H2. The summed E-state index contributed by atoms with van der Waals surface area (Å²) >= 11 is 0. The van der Waals surface area contributed by atoms with Gasteiger partial charge in [0.2, 0.25) is 0 Å². The van der Waals surface area contributed by atoms with Gasteiger partial charge in [-0.05, 0) is 12.1 Å². The summed E-state index contributed by atoms with van der Waals surface area (Å²) in [5.74, 6) is -2.17. The van der Waals surface area contributed by atoms with Crippen LogP contribution >= 0.6 is 0 Å². The topological polar surface area (TPSA) is 78.0 Å². The van der Waals surface area contributed by atoms with E-state index in [9.17, 15) is 23.5 Å². The Hall–Kier alpha value is -3.22. The molecule has 1 atom stereocenters. The summed E-state index contributed by atoms with van der Waals surface area (Å²) in [7, 11) is 0. The van der Waals surface area contributed by atoms with Crippen LogP contribution in [0.1, 0.15) is 11.1 Å². The second-order valence-electron chi connectivity index (χ2n) is 6.64. The van der Waals surface area contributed by atoms with Crippen molar-refractivity contribution < 1.29 is 18.3 Å². The first-order valence-electron chi connectivity index (χ1n) is 8.74. The number of benzene rings is 2. The van der Waals surface area contributed by atoms with Crippen LogP contribution in [0.3, 0.4) is 0 Å². The van der Waals surface area contributed by atoms with Crippen LogP contribution in [0.5, 0.6) is 0 Å². The van der Waals surface area contributed by atoms with E-state index >= 15 is 0 Å². The van der Waals surface area contributed by atoms with Gasteiger partial charge in [0.05, 0.1) is 19.2 Å². The normalized spacial score (nSPS) is 13.2. The summed E-state index contributed by atoms with van der Waals surface area (Å²) in [4.78, 5) is 5.29. The summed E-state index contributed by atoms with van der Waals surface area (Å²) in [5, 5.41) is 24.5. The fourth-order valence-electron chi connectivity index (χ4n) is 3.17. The molecule has 9 heteroatoms. The number of hydrogen-bond donors (Lipinski definition) is 1. The smallest absolute Gasteiger partial charge is 0.137 e. The van der Waals surface area contributed by atoms with Crippen molar-refractivity contribution in [3.8, 4) is 6.07 Å². The van der Waals surface area contributed by atoms with Crippen LogP contribution in [0.25, 0.3) is 0 Å². The zero-order valence-corrected chi connectivity index (χ0v) is 15.3. The third-order valence-electron chi connectivity index (χ3n) is 4.45. The molecule has 150 valence electrons. The molecule has 1 N–H and O–H groups in total. The van der Waals surface area contributed by atoms with Crippen molar-refractivity contribution in [1.29, 1.82) is 5.26 Å². The van der Waals surface area contributed by atoms with E-state index in [0.29, 0.717) is 11.6 Å². The Labute approximate surface area is 165 Å². The first-order chi connectivity index (χ1) is 13.9. The van der Waals surface area contributed by atoms with Gasteiger partial charge in [-0.25, -0.2) is 22.8 Å². The molecule has 6 nitrogen and oxygen atoms in total. The first kappa shape index (κ1) is 20.5. The van der Waals surface area contributed by atoms with Crippen LogP contribution in [0.2, 0.25) is 0 Å². The zero-order chi connectivity index (χ0) is 20.9. The SMILES string of the molecule is N#CCN(Cc1ccccc1F)CC(O)(Cn1cncn1)c1ccc(F)cc1F. The summed E-state index contributed by atoms with van der Waals surface area (Å²) < 4.78 is 43.3. The molecule has 2 aromatic carbocycles. The number of hydrogen-bond acceptors (Lipinski definition) is 5. The highest BCUT2D eigenvalue weighted by atomic mass is 19.1. The molecule has 1 unspecified atom stereocenters. The number of aliphatic hydroxyl groups is 1. The maximum atomic E-state index is 14.5. The van der Waals surface area contributed by atoms with Gasteiger partial charge in [0.15, 0.2) is 0 Å². The maximum Gasteiger partial charge on any atom is 0.137 e. The molecule has 29 heavy (non-hydrogen) atoms. The highest BCUT2D eigenvalue weighted by molar-refractivity contribution is 5.26. The number of aromatic nitrogens is 3. The fourth-order valence-corrected chi connectivity index (χ4v) is 3.17. The number of halogens is 3. The van der Waals surface area contributed by atoms with Crippen molar-refractivity contribution in [2.45, 2.75) is 18.7 Å². The molecular formula is C20H18F3N5O. The van der Waals surface area contributed by atoms with Crippen LogP contribution in [0.4, 0.5) is 13.2 Å². The Morgan fingerprint density at radius 3 is 2.59 bits per heavy atom. The van der Waals surface area contributed by atoms with Gasteiger partial charge in [-0.3, -0.25) is 4.90 Å². The Kier molecular flexibility index (Phi) is 6.26. The van der Waals surface area contributed by atoms with E-state index in [0.717, 1.165) is 12.1 Å². The lowest BCUT2D eigenvalue weighted by atomic mass is 9.92. The van der Waals surface area contributed by atoms with Crippen molar-refractivity contribution in [2.75, 3.05) is 13.1 Å². The van der Waals surface area contributed by atoms with Gasteiger partial charge in [0.25, 0.3) is 0 Å². The van der Waals surface area contributed by atoms with E-state index in [1.807, 2.05) is 6.07 Å². The zero-order valence-electron chi connectivity index (χ0n) is 15.3. The van der Waals surface area contributed by atoms with Gasteiger partial charge >= 0.3 is 0 Å². The fraction of sp³-hybridized carbons (Fsp3) is 0.250. The van der Waals surface area contributed by atoms with Gasteiger partial charge in [-0.15, -0.1) is 0 Å². The highest BCUT2D eigenvalue weighted by Gasteiger charge is 2.35. The number of rotatable bonds is 8. The van der Waals surface area contributed by atoms with E-state index in [1.54, 1.807) is 18.2 Å². The largest absolute Gasteiger partial charge is 0.382 e. The van der Waals surface area contributed by atoms with E-state index in [1.165, 1.54) is 28.3 Å². The minimum Gasteiger partial charge on any atom is -0.382 e. The average Bonchev–Trinajstić information content (AvgIpc) is 3.16. The molecule has 0 fully saturated rings. The van der Waals surface area contributed by atoms with E-state index in [-0.39, 0.29) is 31.7 Å². The molecule has 1 heterocycles. The minimum absolute atomic E-state index is 0.0166. The van der Waals surface area contributed by atoms with Crippen LogP contribution in [-0.2, 0) is 18.7 Å². The third-order valence-corrected chi connectivity index (χ3v) is 4.45. The van der Waals surface area contributed by atoms with Gasteiger partial charge in [0, 0.05) is 30.3 Å². The molecule has 0 radical (unpaired) electrons. The molecule has 0 bridgehead atoms. The van der Waals surface area contributed by atoms with Crippen LogP contribution < -0.4 is 0 Å². The molecule has 0 amide bonds. The molecule has 0 saturated carbocycles. The van der Waals surface area contributed by atoms with E-state index < -0.39 is 23.1 Å². The first-order valence-corrected chi connectivity index (χ1v) is 8.74. The van der Waals surface area contributed by atoms with Crippen molar-refractivity contribution in [3.05, 3.63) is 83.7 Å². The second kappa shape index (κ2) is 8.86. The predicted molar refractivity (Wildman–Crippen MR) is 97.6 cm³/mol. The number of nitrogens with zero attached hydrogens (tertiary/aromatic N) is 5. The summed E-state index contributed by atoms with van der Waals surface area (Å²) in [6.07, 6.45) is 2.60. The minimum atomic E-state index is -1.88. The highest BCUT2D eigenvalue weighted by Crippen LogP contribution is 2.28. The molecule has 0 aliphatic heterocycles. The average molecular weight is 401 g/mol. The molecule has 0 aliphatic rings. The molecular weight excluding hydrogens is 383 g/mol. The monoisotopic (exact) mass is 401 g/mol. The summed E-state index contributed by atoms with van der Waals surface area (Å²) in [6, 6.07) is 10.9. The maximum absolute atomic E-state index is 14.5. The Morgan fingerprint density at radius 1 is 1.14 bits per heavy atom. The lowest BCUT2D eigenvalue weighted by molar-refractivity contribution is -0.0208. The van der Waals surface area contributed by atoms with Crippen LogP contribution in [0.15, 0.2) is 55.1 Å². The van der Waals surface area contributed by atoms with Crippen LogP contribution in [0, 0.1) is 28.8 Å². The lowest BCUT2D eigenvalue weighted by Gasteiger charge is -2.34. The summed E-state index contributed by atoms with van der Waals surface area (Å²) in [6.45, 7) is -0.550. The van der Waals surface area contributed by atoms with Gasteiger partial charge < -0.3 is 5.11 Å². The van der Waals surface area contributed by atoms with Crippen molar-refractivity contribution in [3.63, 3.8) is 0 Å². The van der Waals surface area contributed by atoms with Crippen molar-refractivity contribution >= 4 is 0 Å². The van der Waals surface area contributed by atoms with Gasteiger partial charge in [-0.2, -0.15) is 10.4 Å². The molecule has 0 saturated heterocycles. The molecule has 0 spiro atoms. The van der Waals surface area contributed by atoms with E-state index in [2.05, 4.69) is 10.1 Å². The van der Waals surface area contributed by atoms with Crippen LogP contribution in [-0.4, -0.2) is 37.9 Å². The molecule has 3 rings (SSSR count). The second-order valence-corrected chi connectivity index (χ2v) is 6.64. The Balaban J connectivity index is 1.95. The van der Waals surface area contributed by atoms with Gasteiger partial charge in [-0.1, -0.05) is 24.3 Å². The van der Waals surface area contributed by atoms with Crippen molar-refractivity contribution in [1.82, 2.24) is 19.7 Å². The van der Waals surface area contributed by atoms with E-state index in [4.69, 9.17) is 0 Å². The van der Waals surface area contributed by atoms with Gasteiger partial charge in [0.1, 0.15) is 35.7 Å². The number of nitriles is 1. The third kappa shape index (κ3) is 4.99. The Bertz CT molecular complexity index is 1010. The summed E-state index contributed by atoms with van der Waals surface area (Å²) in [5.41, 5.74) is -1.72. The molecule has 1 aromatic heterocycles. The Morgan fingerprint density at radius 2 is 1.93 bits per heavy atom. The predicted octanol–water partition coefficient (Wildman–Crippen LogP) is 2.61. The lowest BCUT2D eigenvalue weighted by Crippen LogP contribution is -2.44. The molecule has 3 aromatic rings. The molecule has 0 aliphatic carbocycles. The quantitative estimate of drug-likeness (QED) is 0.587.